The Morgan fingerprint density at radius 3 is 2.32 bits per heavy atom. The van der Waals surface area contributed by atoms with Crippen molar-refractivity contribution >= 4 is 0 Å². The first-order valence-electron chi connectivity index (χ1n) is 11.6. The molecule has 1 unspecified atom stereocenters. The molecule has 1 aromatic carbocycles. The second-order valence-electron chi connectivity index (χ2n) is 7.76. The van der Waals surface area contributed by atoms with Crippen molar-refractivity contribution in [1.29, 1.82) is 0 Å². The van der Waals surface area contributed by atoms with Gasteiger partial charge in [-0.15, -0.1) is 0 Å². The molecule has 1 atom stereocenters. The first-order valence-corrected chi connectivity index (χ1v) is 11.6. The van der Waals surface area contributed by atoms with Crippen molar-refractivity contribution in [3.05, 3.63) is 36.4 Å². The zero-order valence-corrected chi connectivity index (χ0v) is 19.2. The van der Waals surface area contributed by atoms with Crippen molar-refractivity contribution in [1.82, 2.24) is 9.97 Å². The van der Waals surface area contributed by atoms with Crippen LogP contribution in [0.5, 0.6) is 11.5 Å². The van der Waals surface area contributed by atoms with Crippen molar-refractivity contribution in [2.24, 2.45) is 0 Å². The normalized spacial score (nSPS) is 12.0. The van der Waals surface area contributed by atoms with Crippen LogP contribution in [0.3, 0.4) is 0 Å². The number of unbranched alkanes of at least 4 members (excludes halogenated alkanes) is 5. The second kappa shape index (κ2) is 14.7. The molecule has 172 valence electrons. The Morgan fingerprint density at radius 2 is 1.61 bits per heavy atom. The minimum Gasteiger partial charge on any atom is -0.491 e. The summed E-state index contributed by atoms with van der Waals surface area (Å²) >= 11 is 0. The lowest BCUT2D eigenvalue weighted by Crippen LogP contribution is -2.10. The summed E-state index contributed by atoms with van der Waals surface area (Å²) in [6.07, 6.45) is 12.5. The zero-order valence-electron chi connectivity index (χ0n) is 19.2. The Balaban J connectivity index is 1.76. The molecule has 2 rings (SSSR count). The Morgan fingerprint density at radius 1 is 0.903 bits per heavy atom. The molecule has 0 N–H and O–H groups in total. The number of aromatic nitrogens is 2. The van der Waals surface area contributed by atoms with Crippen LogP contribution in [0.1, 0.15) is 72.1 Å². The van der Waals surface area contributed by atoms with E-state index in [1.807, 2.05) is 13.8 Å². The zero-order chi connectivity index (χ0) is 22.3. The number of benzene rings is 1. The van der Waals surface area contributed by atoms with Gasteiger partial charge in [0.25, 0.3) is 0 Å². The quantitative estimate of drug-likeness (QED) is 0.280. The van der Waals surface area contributed by atoms with E-state index in [0.29, 0.717) is 37.0 Å². The van der Waals surface area contributed by atoms with Crippen LogP contribution in [0.4, 0.5) is 4.39 Å². The first kappa shape index (κ1) is 25.1. The van der Waals surface area contributed by atoms with E-state index in [4.69, 9.17) is 14.2 Å². The van der Waals surface area contributed by atoms with Crippen LogP contribution in [0.15, 0.2) is 30.6 Å². The lowest BCUT2D eigenvalue weighted by molar-refractivity contribution is 0.0656. The van der Waals surface area contributed by atoms with Gasteiger partial charge in [-0.05, 0) is 51.3 Å². The number of nitrogens with zero attached hydrogens (tertiary/aromatic N) is 2. The predicted molar refractivity (Wildman–Crippen MR) is 122 cm³/mol. The summed E-state index contributed by atoms with van der Waals surface area (Å²) in [6, 6.07) is 4.81. The van der Waals surface area contributed by atoms with Crippen LogP contribution in [-0.4, -0.2) is 35.9 Å². The van der Waals surface area contributed by atoms with E-state index in [1.54, 1.807) is 24.5 Å². The third kappa shape index (κ3) is 9.64. The number of hydrogen-bond acceptors (Lipinski definition) is 5. The molecule has 6 heteroatoms. The fraction of sp³-hybridized carbons (Fsp3) is 0.600. The van der Waals surface area contributed by atoms with Crippen LogP contribution in [-0.2, 0) is 4.74 Å². The molecule has 0 saturated heterocycles. The maximum absolute atomic E-state index is 14.4. The Kier molecular flexibility index (Phi) is 11.9. The van der Waals surface area contributed by atoms with Gasteiger partial charge >= 0.3 is 0 Å². The molecular formula is C25H37FN2O3. The molecule has 0 fully saturated rings. The second-order valence-corrected chi connectivity index (χ2v) is 7.76. The Hall–Kier alpha value is -2.21. The van der Waals surface area contributed by atoms with E-state index in [0.717, 1.165) is 19.3 Å². The van der Waals surface area contributed by atoms with E-state index < -0.39 is 5.82 Å². The Bertz CT molecular complexity index is 740. The number of hydrogen-bond donors (Lipinski definition) is 0. The molecular weight excluding hydrogens is 395 g/mol. The van der Waals surface area contributed by atoms with E-state index in [1.165, 1.54) is 38.2 Å². The molecule has 0 bridgehead atoms. The largest absolute Gasteiger partial charge is 0.491 e. The van der Waals surface area contributed by atoms with Gasteiger partial charge in [0.15, 0.2) is 23.1 Å². The third-order valence-corrected chi connectivity index (χ3v) is 5.05. The van der Waals surface area contributed by atoms with Crippen molar-refractivity contribution in [2.75, 3.05) is 19.8 Å². The maximum atomic E-state index is 14.4. The van der Waals surface area contributed by atoms with Crippen LogP contribution >= 0.6 is 0 Å². The highest BCUT2D eigenvalue weighted by atomic mass is 19.1. The molecule has 0 radical (unpaired) electrons. The fourth-order valence-electron chi connectivity index (χ4n) is 3.29. The summed E-state index contributed by atoms with van der Waals surface area (Å²) < 4.78 is 31.2. The summed E-state index contributed by atoms with van der Waals surface area (Å²) in [5.74, 6) is 0.927. The Labute approximate surface area is 186 Å². The van der Waals surface area contributed by atoms with Crippen molar-refractivity contribution in [2.45, 2.75) is 78.2 Å². The highest BCUT2D eigenvalue weighted by Crippen LogP contribution is 2.24. The maximum Gasteiger partial charge on any atom is 0.165 e. The summed E-state index contributed by atoms with van der Waals surface area (Å²) in [7, 11) is 0. The van der Waals surface area contributed by atoms with Gasteiger partial charge in [0.05, 0.1) is 31.7 Å². The van der Waals surface area contributed by atoms with Gasteiger partial charge in [-0.2, -0.15) is 0 Å². The van der Waals surface area contributed by atoms with Crippen molar-refractivity contribution in [3.8, 4) is 22.9 Å². The SMILES string of the molecule is CCCCCCCCOc1cnc(-c2ccc(OCCCC(C)OCC)c(F)c2)nc1. The van der Waals surface area contributed by atoms with E-state index in [9.17, 15) is 4.39 Å². The minimum absolute atomic E-state index is 0.190. The van der Waals surface area contributed by atoms with Gasteiger partial charge in [-0.25, -0.2) is 14.4 Å². The predicted octanol–water partition coefficient (Wildman–Crippen LogP) is 6.61. The molecule has 0 aliphatic carbocycles. The van der Waals surface area contributed by atoms with Crippen LogP contribution in [0.25, 0.3) is 11.4 Å². The first-order chi connectivity index (χ1) is 15.1. The fourth-order valence-corrected chi connectivity index (χ4v) is 3.29. The molecule has 0 spiro atoms. The third-order valence-electron chi connectivity index (χ3n) is 5.05. The molecule has 0 aliphatic rings. The molecule has 0 saturated carbocycles. The molecule has 5 nitrogen and oxygen atoms in total. The summed E-state index contributed by atoms with van der Waals surface area (Å²) in [6.45, 7) is 8.05. The molecule has 0 aliphatic heterocycles. The van der Waals surface area contributed by atoms with Gasteiger partial charge in [0.1, 0.15) is 0 Å². The standard InChI is InChI=1S/C25H37FN2O3/c1-4-6-7-8-9-10-15-30-22-18-27-25(28-19-22)21-13-14-24(23(26)17-21)31-16-11-12-20(3)29-5-2/h13-14,17-20H,4-12,15-16H2,1-3H3. The molecule has 1 heterocycles. The highest BCUT2D eigenvalue weighted by Gasteiger charge is 2.09. The lowest BCUT2D eigenvalue weighted by Gasteiger charge is -2.12. The lowest BCUT2D eigenvalue weighted by atomic mass is 10.1. The van der Waals surface area contributed by atoms with Crippen molar-refractivity contribution < 1.29 is 18.6 Å². The summed E-state index contributed by atoms with van der Waals surface area (Å²) in [5.41, 5.74) is 0.609. The number of halogens is 1. The molecule has 0 amide bonds. The van der Waals surface area contributed by atoms with Crippen molar-refractivity contribution in [3.63, 3.8) is 0 Å². The average molecular weight is 433 g/mol. The van der Waals surface area contributed by atoms with Gasteiger partial charge in [0, 0.05) is 12.2 Å². The number of ether oxygens (including phenoxy) is 3. The van der Waals surface area contributed by atoms with Gasteiger partial charge in [-0.3, -0.25) is 0 Å². The molecule has 1 aromatic heterocycles. The summed E-state index contributed by atoms with van der Waals surface area (Å²) in [5, 5.41) is 0. The highest BCUT2D eigenvalue weighted by molar-refractivity contribution is 5.56. The molecule has 2 aromatic rings. The van der Waals surface area contributed by atoms with Gasteiger partial charge < -0.3 is 14.2 Å². The van der Waals surface area contributed by atoms with Crippen LogP contribution < -0.4 is 9.47 Å². The number of rotatable bonds is 16. The van der Waals surface area contributed by atoms with Crippen LogP contribution in [0.2, 0.25) is 0 Å². The van der Waals surface area contributed by atoms with Crippen LogP contribution in [0, 0.1) is 5.82 Å². The summed E-state index contributed by atoms with van der Waals surface area (Å²) in [4.78, 5) is 8.63. The smallest absolute Gasteiger partial charge is 0.165 e. The topological polar surface area (TPSA) is 53.5 Å². The van der Waals surface area contributed by atoms with Gasteiger partial charge in [-0.1, -0.05) is 39.0 Å². The molecule has 31 heavy (non-hydrogen) atoms. The van der Waals surface area contributed by atoms with E-state index in [-0.39, 0.29) is 11.9 Å². The average Bonchev–Trinajstić information content (AvgIpc) is 2.77. The van der Waals surface area contributed by atoms with Gasteiger partial charge in [0.2, 0.25) is 0 Å². The van der Waals surface area contributed by atoms with E-state index in [2.05, 4.69) is 16.9 Å². The minimum atomic E-state index is -0.414. The monoisotopic (exact) mass is 432 g/mol. The van der Waals surface area contributed by atoms with E-state index >= 15 is 0 Å².